The second kappa shape index (κ2) is 9.29. The standard InChI is InChI=1S/C22H24N4O5/c1-30-19(27)10-5-14-3-7-16(8-4-14)25-11-12-26(22(25)29)18-9-6-15(21(28)31-2)13-17(18)20(23)24/h3-4,6-9,13H,5,10-12H2,1-2H3,(H3,23,24). The zero-order valence-corrected chi connectivity index (χ0v) is 17.4. The lowest BCUT2D eigenvalue weighted by Gasteiger charge is -2.21. The minimum absolute atomic E-state index is 0.248. The lowest BCUT2D eigenvalue weighted by Crippen LogP contribution is -2.33. The van der Waals surface area contributed by atoms with Gasteiger partial charge in [-0.1, -0.05) is 12.1 Å². The highest BCUT2D eigenvalue weighted by Gasteiger charge is 2.32. The van der Waals surface area contributed by atoms with Crippen molar-refractivity contribution in [1.29, 1.82) is 5.41 Å². The first-order chi connectivity index (χ1) is 14.8. The summed E-state index contributed by atoms with van der Waals surface area (Å²) in [5.74, 6) is -1.06. The Morgan fingerprint density at radius 1 is 1.03 bits per heavy atom. The monoisotopic (exact) mass is 424 g/mol. The average molecular weight is 424 g/mol. The molecule has 0 aliphatic carbocycles. The second-order valence-corrected chi connectivity index (χ2v) is 6.97. The second-order valence-electron chi connectivity index (χ2n) is 6.97. The fourth-order valence-electron chi connectivity index (χ4n) is 3.42. The summed E-state index contributed by atoms with van der Waals surface area (Å²) < 4.78 is 9.37. The number of nitrogens with one attached hydrogen (secondary N) is 1. The molecule has 1 aliphatic heterocycles. The van der Waals surface area contributed by atoms with Gasteiger partial charge in [-0.15, -0.1) is 0 Å². The molecule has 3 N–H and O–H groups in total. The molecule has 2 aromatic carbocycles. The molecule has 0 saturated carbocycles. The van der Waals surface area contributed by atoms with Gasteiger partial charge < -0.3 is 15.2 Å². The van der Waals surface area contributed by atoms with Crippen LogP contribution in [0, 0.1) is 5.41 Å². The number of nitrogens with two attached hydrogens (primary N) is 1. The molecule has 0 spiro atoms. The Morgan fingerprint density at radius 3 is 2.32 bits per heavy atom. The van der Waals surface area contributed by atoms with E-state index in [9.17, 15) is 14.4 Å². The van der Waals surface area contributed by atoms with Gasteiger partial charge in [-0.2, -0.15) is 0 Å². The Kier molecular flexibility index (Phi) is 6.54. The van der Waals surface area contributed by atoms with Crippen LogP contribution < -0.4 is 15.5 Å². The summed E-state index contributed by atoms with van der Waals surface area (Å²) in [5.41, 5.74) is 8.40. The van der Waals surface area contributed by atoms with Crippen LogP contribution in [0.1, 0.15) is 27.9 Å². The van der Waals surface area contributed by atoms with Crippen LogP contribution in [0.2, 0.25) is 0 Å². The molecule has 1 heterocycles. The molecule has 2 aromatic rings. The van der Waals surface area contributed by atoms with Crippen LogP contribution in [-0.2, 0) is 20.7 Å². The zero-order valence-electron chi connectivity index (χ0n) is 17.4. The van der Waals surface area contributed by atoms with Gasteiger partial charge in [0.05, 0.1) is 25.5 Å². The summed E-state index contributed by atoms with van der Waals surface area (Å²) in [6, 6.07) is 11.8. The highest BCUT2D eigenvalue weighted by atomic mass is 16.5. The number of benzene rings is 2. The Labute approximate surface area is 179 Å². The number of carbonyl (C=O) groups is 3. The van der Waals surface area contributed by atoms with E-state index in [1.165, 1.54) is 25.2 Å². The highest BCUT2D eigenvalue weighted by Crippen LogP contribution is 2.29. The summed E-state index contributed by atoms with van der Waals surface area (Å²) in [6.07, 6.45) is 0.850. The number of urea groups is 1. The van der Waals surface area contributed by atoms with Crippen LogP contribution in [0.5, 0.6) is 0 Å². The van der Waals surface area contributed by atoms with Crippen molar-refractivity contribution in [2.24, 2.45) is 5.73 Å². The van der Waals surface area contributed by atoms with Gasteiger partial charge in [0.1, 0.15) is 5.84 Å². The molecule has 0 aromatic heterocycles. The van der Waals surface area contributed by atoms with Crippen LogP contribution in [0.3, 0.4) is 0 Å². The number of nitrogens with zero attached hydrogens (tertiary/aromatic N) is 2. The first-order valence-electron chi connectivity index (χ1n) is 9.67. The molecule has 2 amide bonds. The molecule has 0 radical (unpaired) electrons. The van der Waals surface area contributed by atoms with E-state index in [1.54, 1.807) is 17.0 Å². The number of methoxy groups -OCH3 is 2. The van der Waals surface area contributed by atoms with E-state index in [4.69, 9.17) is 15.9 Å². The molecule has 0 unspecified atom stereocenters. The molecular weight excluding hydrogens is 400 g/mol. The molecule has 9 heteroatoms. The number of aryl methyl sites for hydroxylation is 1. The number of amidine groups is 1. The van der Waals surface area contributed by atoms with Crippen LogP contribution >= 0.6 is 0 Å². The van der Waals surface area contributed by atoms with Crippen molar-refractivity contribution >= 4 is 35.2 Å². The number of esters is 2. The third-order valence-electron chi connectivity index (χ3n) is 5.10. The largest absolute Gasteiger partial charge is 0.469 e. The number of hydrogen-bond acceptors (Lipinski definition) is 6. The molecule has 162 valence electrons. The molecule has 31 heavy (non-hydrogen) atoms. The summed E-state index contributed by atoms with van der Waals surface area (Å²) in [7, 11) is 2.63. The predicted molar refractivity (Wildman–Crippen MR) is 116 cm³/mol. The summed E-state index contributed by atoms with van der Waals surface area (Å²) in [4.78, 5) is 39.3. The maximum atomic E-state index is 13.1. The fourth-order valence-corrected chi connectivity index (χ4v) is 3.42. The van der Waals surface area contributed by atoms with E-state index >= 15 is 0 Å². The van der Waals surface area contributed by atoms with Gasteiger partial charge in [0.15, 0.2) is 0 Å². The first-order valence-corrected chi connectivity index (χ1v) is 9.67. The number of amides is 2. The van der Waals surface area contributed by atoms with Crippen molar-refractivity contribution in [2.75, 3.05) is 37.1 Å². The van der Waals surface area contributed by atoms with Gasteiger partial charge in [0.2, 0.25) is 0 Å². The summed E-state index contributed by atoms with van der Waals surface area (Å²) in [6.45, 7) is 0.858. The van der Waals surface area contributed by atoms with Gasteiger partial charge in [-0.25, -0.2) is 9.59 Å². The SMILES string of the molecule is COC(=O)CCc1ccc(N2CCN(c3ccc(C(=O)OC)cc3C(=N)N)C2=O)cc1. The average Bonchev–Trinajstić information content (AvgIpc) is 3.17. The molecule has 1 aliphatic rings. The normalized spacial score (nSPS) is 13.3. The zero-order chi connectivity index (χ0) is 22.5. The highest BCUT2D eigenvalue weighted by molar-refractivity contribution is 6.11. The van der Waals surface area contributed by atoms with Crippen LogP contribution in [0.15, 0.2) is 42.5 Å². The third-order valence-corrected chi connectivity index (χ3v) is 5.10. The Bertz CT molecular complexity index is 1020. The van der Waals surface area contributed by atoms with E-state index in [2.05, 4.69) is 4.74 Å². The molecule has 9 nitrogen and oxygen atoms in total. The van der Waals surface area contributed by atoms with Crippen LogP contribution in [0.4, 0.5) is 16.2 Å². The van der Waals surface area contributed by atoms with Crippen LogP contribution in [0.25, 0.3) is 0 Å². The smallest absolute Gasteiger partial charge is 0.337 e. The summed E-state index contributed by atoms with van der Waals surface area (Å²) in [5, 5.41) is 7.86. The maximum absolute atomic E-state index is 13.1. The van der Waals surface area contributed by atoms with Crippen molar-refractivity contribution in [1.82, 2.24) is 0 Å². The minimum Gasteiger partial charge on any atom is -0.469 e. The summed E-state index contributed by atoms with van der Waals surface area (Å²) >= 11 is 0. The fraction of sp³-hybridized carbons (Fsp3) is 0.273. The maximum Gasteiger partial charge on any atom is 0.337 e. The lowest BCUT2D eigenvalue weighted by atomic mass is 10.1. The van der Waals surface area contributed by atoms with Gasteiger partial charge in [-0.3, -0.25) is 20.0 Å². The van der Waals surface area contributed by atoms with Crippen LogP contribution in [-0.4, -0.2) is 51.1 Å². The Morgan fingerprint density at radius 2 is 1.71 bits per heavy atom. The van der Waals surface area contributed by atoms with Gasteiger partial charge >= 0.3 is 18.0 Å². The Hall–Kier alpha value is -3.88. The Balaban J connectivity index is 1.79. The molecule has 1 saturated heterocycles. The molecule has 1 fully saturated rings. The van der Waals surface area contributed by atoms with Crippen molar-refractivity contribution in [3.8, 4) is 0 Å². The van der Waals surface area contributed by atoms with E-state index in [-0.39, 0.29) is 29.0 Å². The number of nitrogen functional groups attached to an aromatic ring is 1. The van der Waals surface area contributed by atoms with Gasteiger partial charge in [0, 0.05) is 30.8 Å². The van der Waals surface area contributed by atoms with E-state index in [1.807, 2.05) is 24.3 Å². The van der Waals surface area contributed by atoms with Gasteiger partial charge in [-0.05, 0) is 42.3 Å². The molecule has 0 bridgehead atoms. The van der Waals surface area contributed by atoms with E-state index in [0.29, 0.717) is 31.6 Å². The third kappa shape index (κ3) is 4.66. The molecule has 0 atom stereocenters. The number of ether oxygens (including phenoxy) is 2. The number of carbonyl (C=O) groups excluding carboxylic acids is 3. The van der Waals surface area contributed by atoms with Crippen molar-refractivity contribution < 1.29 is 23.9 Å². The predicted octanol–water partition coefficient (Wildman–Crippen LogP) is 2.31. The van der Waals surface area contributed by atoms with E-state index < -0.39 is 5.97 Å². The van der Waals surface area contributed by atoms with Crippen molar-refractivity contribution in [3.63, 3.8) is 0 Å². The van der Waals surface area contributed by atoms with Crippen molar-refractivity contribution in [3.05, 3.63) is 59.2 Å². The van der Waals surface area contributed by atoms with Gasteiger partial charge in [0.25, 0.3) is 0 Å². The van der Waals surface area contributed by atoms with E-state index in [0.717, 1.165) is 11.3 Å². The molecule has 3 rings (SSSR count). The minimum atomic E-state index is -0.546. The quantitative estimate of drug-likeness (QED) is 0.399. The van der Waals surface area contributed by atoms with Crippen molar-refractivity contribution in [2.45, 2.75) is 12.8 Å². The lowest BCUT2D eigenvalue weighted by molar-refractivity contribution is -0.140. The molecular formula is C22H24N4O5. The topological polar surface area (TPSA) is 126 Å². The number of anilines is 2. The first kappa shape index (κ1) is 21.8. The number of rotatable bonds is 7. The number of hydrogen-bond donors (Lipinski definition) is 2.